The zero-order valence-corrected chi connectivity index (χ0v) is 16.2. The Morgan fingerprint density at radius 2 is 2.09 bits per heavy atom. The number of nitrogens with zero attached hydrogens (tertiary/aromatic N) is 3. The molecule has 122 valence electrons. The highest BCUT2D eigenvalue weighted by Crippen LogP contribution is 2.23. The molecule has 1 aliphatic rings. The molecule has 0 aromatic carbocycles. The van der Waals surface area contributed by atoms with Gasteiger partial charge in [0, 0.05) is 29.2 Å². The number of halogens is 2. The molecular weight excluding hydrogens is 417 g/mol. The van der Waals surface area contributed by atoms with E-state index in [1.165, 1.54) is 0 Å². The quantitative estimate of drug-likeness (QED) is 0.495. The average molecular weight is 438 g/mol. The Balaban J connectivity index is 2.05. The second kappa shape index (κ2) is 6.78. The van der Waals surface area contributed by atoms with E-state index in [1.807, 2.05) is 39.8 Å². The number of rotatable bonds is 1. The molecule has 0 spiro atoms. The number of hydrogen-bond acceptors (Lipinski definition) is 4. The van der Waals surface area contributed by atoms with Crippen molar-refractivity contribution >= 4 is 46.1 Å². The largest absolute Gasteiger partial charge is 0.444 e. The number of aromatic nitrogens is 1. The summed E-state index contributed by atoms with van der Waals surface area (Å²) in [5, 5.41) is 0.490. The number of carbonyl (C=O) groups excluding carboxylic acids is 1. The average Bonchev–Trinajstić information content (AvgIpc) is 2.35. The summed E-state index contributed by atoms with van der Waals surface area (Å²) in [4.78, 5) is 20.5. The summed E-state index contributed by atoms with van der Waals surface area (Å²) in [6.07, 6.45) is -0.256. The lowest BCUT2D eigenvalue weighted by Crippen LogP contribution is -2.55. The van der Waals surface area contributed by atoms with Crippen molar-refractivity contribution in [2.24, 2.45) is 0 Å². The number of pyridine rings is 1. The maximum atomic E-state index is 12.2. The van der Waals surface area contributed by atoms with Crippen molar-refractivity contribution in [3.63, 3.8) is 0 Å². The minimum Gasteiger partial charge on any atom is -0.444 e. The molecular formula is C15H21ClIN3O2. The Bertz CT molecular complexity index is 542. The number of anilines is 1. The summed E-state index contributed by atoms with van der Waals surface area (Å²) in [6, 6.07) is 3.89. The summed E-state index contributed by atoms with van der Waals surface area (Å²) in [7, 11) is 0. The van der Waals surface area contributed by atoms with Gasteiger partial charge in [-0.15, -0.1) is 0 Å². The number of amides is 1. The maximum Gasteiger partial charge on any atom is 0.410 e. The monoisotopic (exact) mass is 437 g/mol. The highest BCUT2D eigenvalue weighted by molar-refractivity contribution is 14.1. The van der Waals surface area contributed by atoms with Crippen molar-refractivity contribution in [1.82, 2.24) is 9.88 Å². The van der Waals surface area contributed by atoms with Crippen LogP contribution in [0.3, 0.4) is 0 Å². The first-order valence-corrected chi connectivity index (χ1v) is 8.69. The van der Waals surface area contributed by atoms with E-state index >= 15 is 0 Å². The van der Waals surface area contributed by atoms with Crippen LogP contribution in [0, 0.1) is 3.57 Å². The van der Waals surface area contributed by atoms with Crippen molar-refractivity contribution < 1.29 is 9.53 Å². The van der Waals surface area contributed by atoms with Gasteiger partial charge in [0.25, 0.3) is 0 Å². The van der Waals surface area contributed by atoms with Gasteiger partial charge in [0.2, 0.25) is 0 Å². The molecule has 1 aliphatic heterocycles. The first kappa shape index (κ1) is 17.6. The molecule has 0 aliphatic carbocycles. The minimum atomic E-state index is -0.474. The molecule has 0 saturated carbocycles. The predicted octanol–water partition coefficient (Wildman–Crippen LogP) is 3.79. The topological polar surface area (TPSA) is 45.7 Å². The van der Waals surface area contributed by atoms with Gasteiger partial charge in [-0.25, -0.2) is 9.78 Å². The first-order chi connectivity index (χ1) is 10.2. The SMILES string of the molecule is C[C@H]1CN(c2cc(I)cc(Cl)n2)CCN1C(=O)OC(C)(C)C. The lowest BCUT2D eigenvalue weighted by molar-refractivity contribution is 0.0158. The summed E-state index contributed by atoms with van der Waals surface area (Å²) in [6.45, 7) is 9.69. The van der Waals surface area contributed by atoms with Gasteiger partial charge in [-0.1, -0.05) is 11.6 Å². The number of hydrogen-bond donors (Lipinski definition) is 0. The van der Waals surface area contributed by atoms with Crippen molar-refractivity contribution in [1.29, 1.82) is 0 Å². The van der Waals surface area contributed by atoms with Crippen LogP contribution in [0.15, 0.2) is 12.1 Å². The van der Waals surface area contributed by atoms with Gasteiger partial charge in [0.1, 0.15) is 16.6 Å². The van der Waals surface area contributed by atoms with Crippen LogP contribution in [0.25, 0.3) is 0 Å². The highest BCUT2D eigenvalue weighted by atomic mass is 127. The van der Waals surface area contributed by atoms with Gasteiger partial charge in [-0.2, -0.15) is 0 Å². The van der Waals surface area contributed by atoms with Crippen LogP contribution in [0.2, 0.25) is 5.15 Å². The molecule has 22 heavy (non-hydrogen) atoms. The lowest BCUT2D eigenvalue weighted by Gasteiger charge is -2.40. The van der Waals surface area contributed by atoms with E-state index in [0.717, 1.165) is 9.39 Å². The van der Waals surface area contributed by atoms with Gasteiger partial charge < -0.3 is 14.5 Å². The number of piperazine rings is 1. The van der Waals surface area contributed by atoms with Crippen molar-refractivity contribution in [2.45, 2.75) is 39.3 Å². The molecule has 1 aromatic heterocycles. The van der Waals surface area contributed by atoms with Gasteiger partial charge in [0.15, 0.2) is 0 Å². The standard InChI is InChI=1S/C15H21ClIN3O2/c1-10-9-19(13-8-11(17)7-12(16)18-13)5-6-20(10)14(21)22-15(2,3)4/h7-8,10H,5-6,9H2,1-4H3/t10-/m0/s1. The van der Waals surface area contributed by atoms with Crippen LogP contribution in [0.5, 0.6) is 0 Å². The smallest absolute Gasteiger partial charge is 0.410 e. The zero-order valence-electron chi connectivity index (χ0n) is 13.3. The molecule has 0 radical (unpaired) electrons. The second-order valence-electron chi connectivity index (χ2n) is 6.44. The normalized spacial score (nSPS) is 19.3. The van der Waals surface area contributed by atoms with Gasteiger partial charge in [-0.05, 0) is 62.4 Å². The van der Waals surface area contributed by atoms with Crippen LogP contribution in [0.4, 0.5) is 10.6 Å². The van der Waals surface area contributed by atoms with E-state index in [4.69, 9.17) is 16.3 Å². The third-order valence-corrected chi connectivity index (χ3v) is 4.14. The fraction of sp³-hybridized carbons (Fsp3) is 0.600. The molecule has 0 bridgehead atoms. The molecule has 1 aromatic rings. The van der Waals surface area contributed by atoms with Crippen molar-refractivity contribution in [3.05, 3.63) is 20.9 Å². The van der Waals surface area contributed by atoms with Crippen LogP contribution in [0.1, 0.15) is 27.7 Å². The molecule has 1 atom stereocenters. The first-order valence-electron chi connectivity index (χ1n) is 7.23. The van der Waals surface area contributed by atoms with E-state index in [0.29, 0.717) is 24.8 Å². The lowest BCUT2D eigenvalue weighted by atomic mass is 10.2. The van der Waals surface area contributed by atoms with Gasteiger partial charge in [0.05, 0.1) is 0 Å². The van der Waals surface area contributed by atoms with Crippen LogP contribution in [-0.2, 0) is 4.74 Å². The molecule has 0 N–H and O–H groups in total. The van der Waals surface area contributed by atoms with Crippen molar-refractivity contribution in [2.75, 3.05) is 24.5 Å². The fourth-order valence-electron chi connectivity index (χ4n) is 2.37. The fourth-order valence-corrected chi connectivity index (χ4v) is 3.33. The Morgan fingerprint density at radius 1 is 1.41 bits per heavy atom. The maximum absolute atomic E-state index is 12.2. The van der Waals surface area contributed by atoms with Crippen LogP contribution >= 0.6 is 34.2 Å². The van der Waals surface area contributed by atoms with Gasteiger partial charge in [-0.3, -0.25) is 0 Å². The van der Waals surface area contributed by atoms with E-state index in [-0.39, 0.29) is 12.1 Å². The van der Waals surface area contributed by atoms with Crippen molar-refractivity contribution in [3.8, 4) is 0 Å². The van der Waals surface area contributed by atoms with E-state index in [9.17, 15) is 4.79 Å². The molecule has 2 heterocycles. The van der Waals surface area contributed by atoms with Crippen LogP contribution in [-0.4, -0.2) is 47.3 Å². The third-order valence-electron chi connectivity index (χ3n) is 3.32. The summed E-state index contributed by atoms with van der Waals surface area (Å²) < 4.78 is 6.51. The Morgan fingerprint density at radius 3 is 2.64 bits per heavy atom. The second-order valence-corrected chi connectivity index (χ2v) is 8.07. The molecule has 1 fully saturated rings. The number of ether oxygens (including phenoxy) is 1. The third kappa shape index (κ3) is 4.62. The molecule has 5 nitrogen and oxygen atoms in total. The van der Waals surface area contributed by atoms with Gasteiger partial charge >= 0.3 is 6.09 Å². The summed E-state index contributed by atoms with van der Waals surface area (Å²) in [5.41, 5.74) is -0.474. The van der Waals surface area contributed by atoms with E-state index < -0.39 is 5.60 Å². The Kier molecular flexibility index (Phi) is 5.42. The Hall–Kier alpha value is -0.760. The number of carbonyl (C=O) groups is 1. The van der Waals surface area contributed by atoms with E-state index in [2.05, 4.69) is 32.5 Å². The molecule has 0 unspecified atom stereocenters. The molecule has 2 rings (SSSR count). The zero-order chi connectivity index (χ0) is 16.5. The minimum absolute atomic E-state index is 0.0574. The van der Waals surface area contributed by atoms with Crippen LogP contribution < -0.4 is 4.90 Å². The summed E-state index contributed by atoms with van der Waals surface area (Å²) >= 11 is 8.26. The molecule has 1 saturated heterocycles. The molecule has 7 heteroatoms. The highest BCUT2D eigenvalue weighted by Gasteiger charge is 2.31. The summed E-state index contributed by atoms with van der Waals surface area (Å²) in [5.74, 6) is 0.854. The Labute approximate surface area is 150 Å². The van der Waals surface area contributed by atoms with E-state index in [1.54, 1.807) is 4.90 Å². The predicted molar refractivity (Wildman–Crippen MR) is 96.6 cm³/mol. The molecule has 1 amide bonds.